The van der Waals surface area contributed by atoms with E-state index in [-0.39, 0.29) is 47.7 Å². The van der Waals surface area contributed by atoms with Crippen molar-refractivity contribution in [2.45, 2.75) is 57.2 Å². The Balaban J connectivity index is 1.25. The maximum absolute atomic E-state index is 14.3. The van der Waals surface area contributed by atoms with E-state index in [1.165, 1.54) is 32.5 Å². The molecule has 1 aliphatic heterocycles. The van der Waals surface area contributed by atoms with Gasteiger partial charge in [-0.15, -0.1) is 0 Å². The zero-order valence-electron chi connectivity index (χ0n) is 27.7. The van der Waals surface area contributed by atoms with Crippen LogP contribution in [0.2, 0.25) is 0 Å². The van der Waals surface area contributed by atoms with Gasteiger partial charge in [0.25, 0.3) is 11.8 Å². The summed E-state index contributed by atoms with van der Waals surface area (Å²) >= 11 is 2.92. The number of fused-ring (bicyclic) bond motifs is 1. The molecule has 3 heterocycles. The fraction of sp³-hybridized carbons (Fsp3) is 0.270. The lowest BCUT2D eigenvalue weighted by atomic mass is 10.0. The molecule has 5 aromatic rings. The third kappa shape index (κ3) is 6.97. The average Bonchev–Trinajstić information content (AvgIpc) is 3.81. The van der Waals surface area contributed by atoms with Crippen LogP contribution in [0, 0.1) is 0 Å². The molecular formula is C37H32BrF3N6O5. The number of aromatic nitrogens is 4. The molecule has 3 aromatic carbocycles. The predicted octanol–water partition coefficient (Wildman–Crippen LogP) is 5.76. The number of nitrogens with zero attached hydrogens (tertiary/aromatic N) is 5. The first kappa shape index (κ1) is 35.1. The molecule has 52 heavy (non-hydrogen) atoms. The Labute approximate surface area is 303 Å². The van der Waals surface area contributed by atoms with Gasteiger partial charge in [0.15, 0.2) is 0 Å². The zero-order valence-corrected chi connectivity index (χ0v) is 29.3. The van der Waals surface area contributed by atoms with Crippen molar-refractivity contribution >= 4 is 27.7 Å². The molecule has 1 fully saturated rings. The van der Waals surface area contributed by atoms with Crippen molar-refractivity contribution in [3.8, 4) is 22.7 Å². The van der Waals surface area contributed by atoms with Crippen LogP contribution in [0.3, 0.4) is 0 Å². The minimum Gasteiger partial charge on any atom is -0.491 e. The molecule has 11 nitrogen and oxygen atoms in total. The Morgan fingerprint density at radius 2 is 1.83 bits per heavy atom. The Bertz CT molecular complexity index is 2220. The van der Waals surface area contributed by atoms with Crippen LogP contribution in [-0.4, -0.2) is 59.2 Å². The van der Waals surface area contributed by atoms with E-state index in [4.69, 9.17) is 4.74 Å². The molecule has 1 saturated carbocycles. The van der Waals surface area contributed by atoms with Crippen molar-refractivity contribution < 1.29 is 32.6 Å². The van der Waals surface area contributed by atoms with Crippen LogP contribution in [0.1, 0.15) is 57.4 Å². The van der Waals surface area contributed by atoms with Crippen LogP contribution in [0.4, 0.5) is 13.2 Å². The topological polar surface area (TPSA) is 132 Å². The number of imidazole rings is 1. The molecule has 2 amide bonds. The quantitative estimate of drug-likeness (QED) is 0.195. The van der Waals surface area contributed by atoms with Crippen molar-refractivity contribution in [2.75, 3.05) is 6.61 Å². The monoisotopic (exact) mass is 776 g/mol. The van der Waals surface area contributed by atoms with Crippen molar-refractivity contribution in [1.29, 1.82) is 0 Å². The lowest BCUT2D eigenvalue weighted by molar-refractivity contribution is -0.138. The van der Waals surface area contributed by atoms with Crippen LogP contribution in [0.15, 0.2) is 94.6 Å². The average molecular weight is 778 g/mol. The summed E-state index contributed by atoms with van der Waals surface area (Å²) in [7, 11) is 0. The highest BCUT2D eigenvalue weighted by atomic mass is 79.9. The SMILES string of the molecule is C[C@H]1Cn2c(c(C(=O)NCc3ccccc3-c3ccncn3)n(-c3ccc(OCC4(O)CC4)cc3)c2=O)CN1C(=O)c1ccc(Br)c(C(F)(F)F)c1. The molecule has 0 unspecified atom stereocenters. The molecule has 2 aliphatic rings. The van der Waals surface area contributed by atoms with E-state index in [0.29, 0.717) is 30.0 Å². The third-order valence-electron chi connectivity index (χ3n) is 9.28. The van der Waals surface area contributed by atoms with E-state index in [1.54, 1.807) is 43.5 Å². The third-order valence-corrected chi connectivity index (χ3v) is 9.97. The highest BCUT2D eigenvalue weighted by molar-refractivity contribution is 9.10. The van der Waals surface area contributed by atoms with Gasteiger partial charge in [0.1, 0.15) is 24.4 Å². The van der Waals surface area contributed by atoms with E-state index in [9.17, 15) is 32.7 Å². The summed E-state index contributed by atoms with van der Waals surface area (Å²) in [6, 6.07) is 18.3. The van der Waals surface area contributed by atoms with Gasteiger partial charge in [0, 0.05) is 40.9 Å². The zero-order chi connectivity index (χ0) is 36.8. The predicted molar refractivity (Wildman–Crippen MR) is 187 cm³/mol. The standard InChI is InChI=1S/C37H32BrF3N6O5/c1-22-18-46-31(19-45(22)34(49)23-6-11-29(38)28(16-23)37(39,40)41)32(33(48)43-17-24-4-2-3-5-27(24)30-12-15-42-21-44-30)47(35(46)50)25-7-9-26(10-8-25)52-20-36(51)13-14-36/h2-12,15-16,21-22,51H,13-14,17-20H2,1H3,(H,43,48)/t22-/m0/s1. The number of amides is 2. The molecule has 2 aromatic heterocycles. The molecule has 0 spiro atoms. The molecule has 0 radical (unpaired) electrons. The van der Waals surface area contributed by atoms with Crippen molar-refractivity contribution in [1.82, 2.24) is 29.3 Å². The molecule has 268 valence electrons. The van der Waals surface area contributed by atoms with Gasteiger partial charge in [0.2, 0.25) is 0 Å². The number of nitrogens with one attached hydrogen (secondary N) is 1. The summed E-state index contributed by atoms with van der Waals surface area (Å²) in [5, 5.41) is 13.1. The van der Waals surface area contributed by atoms with E-state index >= 15 is 0 Å². The van der Waals surface area contributed by atoms with E-state index in [1.807, 2.05) is 24.3 Å². The number of alkyl halides is 3. The maximum atomic E-state index is 14.3. The summed E-state index contributed by atoms with van der Waals surface area (Å²) in [6.07, 6.45) is -0.354. The van der Waals surface area contributed by atoms with Gasteiger partial charge in [-0.3, -0.25) is 18.7 Å². The second kappa shape index (κ2) is 13.7. The molecule has 1 atom stereocenters. The van der Waals surface area contributed by atoms with Crippen molar-refractivity contribution in [2.24, 2.45) is 0 Å². The largest absolute Gasteiger partial charge is 0.491 e. The second-order valence-electron chi connectivity index (χ2n) is 12.9. The highest BCUT2D eigenvalue weighted by Crippen LogP contribution is 2.37. The molecule has 15 heteroatoms. The summed E-state index contributed by atoms with van der Waals surface area (Å²) in [4.78, 5) is 51.9. The minimum absolute atomic E-state index is 0.00777. The van der Waals surface area contributed by atoms with E-state index in [2.05, 4.69) is 31.2 Å². The fourth-order valence-corrected chi connectivity index (χ4v) is 6.71. The maximum Gasteiger partial charge on any atom is 0.417 e. The van der Waals surface area contributed by atoms with Gasteiger partial charge in [-0.25, -0.2) is 14.8 Å². The number of aliphatic hydroxyl groups is 1. The molecule has 2 N–H and O–H groups in total. The number of benzene rings is 3. The highest BCUT2D eigenvalue weighted by Gasteiger charge is 2.41. The normalized spacial score (nSPS) is 16.3. The van der Waals surface area contributed by atoms with Gasteiger partial charge in [0.05, 0.1) is 34.8 Å². The Morgan fingerprint density at radius 3 is 2.52 bits per heavy atom. The van der Waals surface area contributed by atoms with Gasteiger partial charge in [-0.2, -0.15) is 13.2 Å². The number of halogens is 4. The van der Waals surface area contributed by atoms with Crippen molar-refractivity contribution in [3.05, 3.63) is 128 Å². The first-order valence-electron chi connectivity index (χ1n) is 16.4. The smallest absolute Gasteiger partial charge is 0.417 e. The number of hydrogen-bond donors (Lipinski definition) is 2. The first-order valence-corrected chi connectivity index (χ1v) is 17.2. The number of rotatable bonds is 9. The van der Waals surface area contributed by atoms with Gasteiger partial charge in [-0.05, 0) is 73.9 Å². The number of ether oxygens (including phenoxy) is 1. The van der Waals surface area contributed by atoms with Gasteiger partial charge in [-0.1, -0.05) is 40.2 Å². The van der Waals surface area contributed by atoms with E-state index < -0.39 is 40.9 Å². The Hall–Kier alpha value is -5.28. The first-order chi connectivity index (χ1) is 24.8. The number of carbonyl (C=O) groups is 2. The summed E-state index contributed by atoms with van der Waals surface area (Å²) in [5.41, 5.74) is 0.182. The molecule has 1 aliphatic carbocycles. The number of hydrogen-bond acceptors (Lipinski definition) is 7. The summed E-state index contributed by atoms with van der Waals surface area (Å²) < 4.78 is 49.4. The Kier molecular flexibility index (Phi) is 9.25. The Morgan fingerprint density at radius 1 is 1.08 bits per heavy atom. The summed E-state index contributed by atoms with van der Waals surface area (Å²) in [5.74, 6) is -0.822. The van der Waals surface area contributed by atoms with Crippen LogP contribution in [0.5, 0.6) is 5.75 Å². The number of carbonyl (C=O) groups excluding carboxylic acids is 2. The van der Waals surface area contributed by atoms with E-state index in [0.717, 1.165) is 17.2 Å². The minimum atomic E-state index is -4.70. The molecule has 0 bridgehead atoms. The van der Waals surface area contributed by atoms with Crippen LogP contribution in [0.25, 0.3) is 16.9 Å². The molecular weight excluding hydrogens is 745 g/mol. The lowest BCUT2D eigenvalue weighted by Crippen LogP contribution is -2.47. The molecule has 7 rings (SSSR count). The van der Waals surface area contributed by atoms with Crippen LogP contribution >= 0.6 is 15.9 Å². The van der Waals surface area contributed by atoms with Gasteiger partial charge >= 0.3 is 11.9 Å². The van der Waals surface area contributed by atoms with Crippen LogP contribution < -0.4 is 15.7 Å². The molecule has 0 saturated heterocycles. The second-order valence-corrected chi connectivity index (χ2v) is 13.8. The van der Waals surface area contributed by atoms with Gasteiger partial charge < -0.3 is 20.1 Å². The van der Waals surface area contributed by atoms with Crippen LogP contribution in [-0.2, 0) is 25.8 Å². The lowest BCUT2D eigenvalue weighted by Gasteiger charge is -2.34. The summed E-state index contributed by atoms with van der Waals surface area (Å²) in [6.45, 7) is 1.65. The fourth-order valence-electron chi connectivity index (χ4n) is 6.23. The van der Waals surface area contributed by atoms with Crippen molar-refractivity contribution in [3.63, 3.8) is 0 Å².